The van der Waals surface area contributed by atoms with E-state index in [1.54, 1.807) is 0 Å². The van der Waals surface area contributed by atoms with Crippen LogP contribution in [0.5, 0.6) is 0 Å². The Labute approximate surface area is 191 Å². The van der Waals surface area contributed by atoms with Crippen molar-refractivity contribution in [1.29, 1.82) is 0 Å². The van der Waals surface area contributed by atoms with Crippen molar-refractivity contribution in [3.8, 4) is 0 Å². The molecular weight excluding hydrogens is 416 g/mol. The van der Waals surface area contributed by atoms with Gasteiger partial charge in [-0.2, -0.15) is 15.0 Å². The van der Waals surface area contributed by atoms with Gasteiger partial charge in [-0.1, -0.05) is 13.8 Å². The number of piperidine rings is 3. The molecule has 4 heterocycles. The highest BCUT2D eigenvalue weighted by Crippen LogP contribution is 2.28. The van der Waals surface area contributed by atoms with Gasteiger partial charge in [0.25, 0.3) is 0 Å². The molecule has 3 fully saturated rings. The lowest BCUT2D eigenvalue weighted by atomic mass is 9.92. The van der Waals surface area contributed by atoms with E-state index in [0.717, 1.165) is 31.9 Å². The Morgan fingerprint density at radius 1 is 0.548 bits per heavy atom. The third kappa shape index (κ3) is 5.87. The Hall–Kier alpha value is -1.46. The zero-order valence-corrected chi connectivity index (χ0v) is 19.5. The fourth-order valence-corrected chi connectivity index (χ4v) is 5.28. The molecule has 0 radical (unpaired) electrons. The maximum Gasteiger partial charge on any atom is 0.232 e. The second-order valence-electron chi connectivity index (χ2n) is 9.91. The van der Waals surface area contributed by atoms with Crippen LogP contribution in [-0.2, 0) is 0 Å². The predicted octanol–water partition coefficient (Wildman–Crippen LogP) is -0.495. The lowest BCUT2D eigenvalue weighted by Gasteiger charge is -2.39. The maximum absolute atomic E-state index is 6.24. The first kappa shape index (κ1) is 24.2. The number of halogens is 1. The molecule has 0 saturated carbocycles. The summed E-state index contributed by atoms with van der Waals surface area (Å²) in [6.45, 7) is 9.26. The van der Waals surface area contributed by atoms with Gasteiger partial charge in [-0.15, -0.1) is 12.4 Å². The molecule has 10 nitrogen and oxygen atoms in total. The van der Waals surface area contributed by atoms with E-state index in [9.17, 15) is 0 Å². The van der Waals surface area contributed by atoms with Gasteiger partial charge in [-0.3, -0.25) is 0 Å². The van der Waals surface area contributed by atoms with Crippen LogP contribution in [0.2, 0.25) is 0 Å². The van der Waals surface area contributed by atoms with E-state index >= 15 is 0 Å². The molecule has 8 N–H and O–H groups in total. The first-order chi connectivity index (χ1) is 14.3. The first-order valence-corrected chi connectivity index (χ1v) is 11.3. The van der Waals surface area contributed by atoms with E-state index in [4.69, 9.17) is 37.9 Å². The summed E-state index contributed by atoms with van der Waals surface area (Å²) in [5.74, 6) is 3.24. The molecule has 176 valence electrons. The van der Waals surface area contributed by atoms with Crippen molar-refractivity contribution in [2.45, 2.75) is 57.3 Å². The van der Waals surface area contributed by atoms with E-state index in [1.807, 2.05) is 0 Å². The van der Waals surface area contributed by atoms with Crippen molar-refractivity contribution in [3.05, 3.63) is 0 Å². The van der Waals surface area contributed by atoms with Gasteiger partial charge in [0, 0.05) is 63.4 Å². The first-order valence-electron chi connectivity index (χ1n) is 11.3. The summed E-state index contributed by atoms with van der Waals surface area (Å²) < 4.78 is 0. The lowest BCUT2D eigenvalue weighted by Crippen LogP contribution is -2.54. The van der Waals surface area contributed by atoms with Gasteiger partial charge in [0.1, 0.15) is 0 Å². The number of nitrogens with two attached hydrogens (primary N) is 4. The topological polar surface area (TPSA) is 152 Å². The third-order valence-electron chi connectivity index (χ3n) is 6.35. The molecule has 0 amide bonds. The summed E-state index contributed by atoms with van der Waals surface area (Å²) in [7, 11) is 0. The van der Waals surface area contributed by atoms with Crippen molar-refractivity contribution in [2.24, 2.45) is 34.8 Å². The molecule has 11 heteroatoms. The molecule has 0 aliphatic carbocycles. The molecule has 31 heavy (non-hydrogen) atoms. The van der Waals surface area contributed by atoms with Gasteiger partial charge in [-0.05, 0) is 31.1 Å². The molecule has 1 aromatic rings. The van der Waals surface area contributed by atoms with Gasteiger partial charge in [0.2, 0.25) is 17.8 Å². The minimum Gasteiger partial charge on any atom is -0.340 e. The van der Waals surface area contributed by atoms with E-state index in [1.165, 1.54) is 6.42 Å². The quantitative estimate of drug-likeness (QED) is 0.470. The van der Waals surface area contributed by atoms with Crippen LogP contribution in [0.15, 0.2) is 0 Å². The SMILES string of the molecule is CC1CC(C)CN(c2nc(N3C[C@H](N)C[C@H](N)C3)nc(N3C[C@H](N)C[C@H](N)C3)n2)C1.Cl. The number of hydrogen-bond acceptors (Lipinski definition) is 10. The van der Waals surface area contributed by atoms with Gasteiger partial charge in [0.05, 0.1) is 0 Å². The Balaban J connectivity index is 0.00000272. The normalized spacial score (nSPS) is 34.5. The molecule has 3 aliphatic rings. The van der Waals surface area contributed by atoms with Crippen molar-refractivity contribution >= 4 is 30.3 Å². The van der Waals surface area contributed by atoms with Crippen molar-refractivity contribution in [2.75, 3.05) is 54.0 Å². The van der Waals surface area contributed by atoms with Crippen LogP contribution in [-0.4, -0.2) is 78.4 Å². The minimum atomic E-state index is 0. The fourth-order valence-electron chi connectivity index (χ4n) is 5.28. The molecule has 3 saturated heterocycles. The molecule has 0 bridgehead atoms. The molecule has 0 aromatic carbocycles. The van der Waals surface area contributed by atoms with Crippen LogP contribution >= 0.6 is 12.4 Å². The zero-order chi connectivity index (χ0) is 21.4. The van der Waals surface area contributed by atoms with E-state index in [2.05, 4.69) is 28.5 Å². The van der Waals surface area contributed by atoms with Gasteiger partial charge in [-0.25, -0.2) is 0 Å². The standard InChI is InChI=1S/C20H38N10.ClH/c1-12-3-13(2)7-28(6-12)18-25-19(29-8-14(21)4-15(22)9-29)27-20(26-18)30-10-16(23)5-17(24)11-30;/h12-17H,3-11,21-24H2,1-2H3;1H/t12?,13?,14-,15+,16-,17+;. The summed E-state index contributed by atoms with van der Waals surface area (Å²) in [4.78, 5) is 21.1. The van der Waals surface area contributed by atoms with Crippen LogP contribution in [0.25, 0.3) is 0 Å². The number of hydrogen-bond donors (Lipinski definition) is 4. The molecule has 6 atom stereocenters. The zero-order valence-electron chi connectivity index (χ0n) is 18.7. The fraction of sp³-hybridized carbons (Fsp3) is 0.850. The molecule has 0 spiro atoms. The number of anilines is 3. The summed E-state index contributed by atoms with van der Waals surface area (Å²) in [5, 5.41) is 0. The maximum atomic E-state index is 6.24. The van der Waals surface area contributed by atoms with E-state index in [-0.39, 0.29) is 36.6 Å². The molecular formula is C20H39ClN10. The molecule has 1 aromatic heterocycles. The Bertz CT molecular complexity index is 598. The highest BCUT2D eigenvalue weighted by atomic mass is 35.5. The molecule has 2 unspecified atom stereocenters. The van der Waals surface area contributed by atoms with Gasteiger partial charge >= 0.3 is 0 Å². The summed E-state index contributed by atoms with van der Waals surface area (Å²) in [6.07, 6.45) is 2.86. The van der Waals surface area contributed by atoms with Gasteiger partial charge in [0.15, 0.2) is 0 Å². The minimum absolute atomic E-state index is 0. The second kappa shape index (κ2) is 9.99. The molecule has 3 aliphatic heterocycles. The average Bonchev–Trinajstić information content (AvgIpc) is 2.65. The van der Waals surface area contributed by atoms with E-state index < -0.39 is 0 Å². The Morgan fingerprint density at radius 2 is 0.839 bits per heavy atom. The van der Waals surface area contributed by atoms with Crippen LogP contribution in [0.1, 0.15) is 33.1 Å². The number of nitrogens with zero attached hydrogens (tertiary/aromatic N) is 6. The number of rotatable bonds is 3. The lowest BCUT2D eigenvalue weighted by molar-refractivity contribution is 0.353. The second-order valence-corrected chi connectivity index (χ2v) is 9.91. The molecule has 4 rings (SSSR count). The average molecular weight is 455 g/mol. The van der Waals surface area contributed by atoms with E-state index in [0.29, 0.717) is 49.9 Å². The summed E-state index contributed by atoms with van der Waals surface area (Å²) >= 11 is 0. The van der Waals surface area contributed by atoms with Gasteiger partial charge < -0.3 is 37.6 Å². The van der Waals surface area contributed by atoms with Crippen molar-refractivity contribution in [1.82, 2.24) is 15.0 Å². The largest absolute Gasteiger partial charge is 0.340 e. The highest BCUT2D eigenvalue weighted by Gasteiger charge is 2.31. The van der Waals surface area contributed by atoms with Crippen LogP contribution in [0.4, 0.5) is 17.8 Å². The van der Waals surface area contributed by atoms with Crippen molar-refractivity contribution in [3.63, 3.8) is 0 Å². The third-order valence-corrected chi connectivity index (χ3v) is 6.35. The monoisotopic (exact) mass is 454 g/mol. The summed E-state index contributed by atoms with van der Waals surface area (Å²) in [6, 6.07) is 0.0714. The highest BCUT2D eigenvalue weighted by molar-refractivity contribution is 5.85. The predicted molar refractivity (Wildman–Crippen MR) is 128 cm³/mol. The Kier molecular flexibility index (Phi) is 7.80. The van der Waals surface area contributed by atoms with Crippen LogP contribution in [0, 0.1) is 11.8 Å². The van der Waals surface area contributed by atoms with Crippen LogP contribution in [0.3, 0.4) is 0 Å². The Morgan fingerprint density at radius 3 is 1.16 bits per heavy atom. The smallest absolute Gasteiger partial charge is 0.232 e. The van der Waals surface area contributed by atoms with Crippen molar-refractivity contribution < 1.29 is 0 Å². The van der Waals surface area contributed by atoms with Crippen LogP contribution < -0.4 is 37.6 Å². The number of aromatic nitrogens is 3. The summed E-state index contributed by atoms with van der Waals surface area (Å²) in [5.41, 5.74) is 25.0.